The van der Waals surface area contributed by atoms with Gasteiger partial charge in [-0.2, -0.15) is 0 Å². The summed E-state index contributed by atoms with van der Waals surface area (Å²) in [6, 6.07) is 1.39. The number of rotatable bonds is 12. The van der Waals surface area contributed by atoms with E-state index in [2.05, 4.69) is 38.7 Å². The minimum absolute atomic E-state index is 0.00763. The van der Waals surface area contributed by atoms with Gasteiger partial charge in [0.1, 0.15) is 97.7 Å². The fraction of sp³-hybridized carbons (Fsp3) is 0.961. The van der Waals surface area contributed by atoms with Crippen LogP contribution in [0.5, 0.6) is 0 Å². The molecule has 6 heterocycles. The summed E-state index contributed by atoms with van der Waals surface area (Å²) in [5.74, 6) is 4.05. The van der Waals surface area contributed by atoms with Crippen LogP contribution in [-0.4, -0.2) is 245 Å². The highest BCUT2D eigenvalue weighted by Gasteiger charge is 2.67. The average molecular weight is 1050 g/mol. The molecule has 0 aromatic carbocycles. The minimum atomic E-state index is -2.03. The molecule has 6 saturated heterocycles. The minimum Gasteiger partial charge on any atom is -0.394 e. The maximum Gasteiger partial charge on any atom is 0.187 e. The van der Waals surface area contributed by atoms with E-state index in [4.69, 9.17) is 37.9 Å². The number of hydrogen-bond donors (Lipinski definition) is 13. The van der Waals surface area contributed by atoms with Gasteiger partial charge in [0.25, 0.3) is 0 Å². The first-order valence-corrected chi connectivity index (χ1v) is 27.0. The zero-order valence-electron chi connectivity index (χ0n) is 42.2. The third-order valence-corrected chi connectivity index (χ3v) is 20.2. The summed E-state index contributed by atoms with van der Waals surface area (Å²) in [7, 11) is 0. The molecule has 418 valence electrons. The Hall–Kier alpha value is -1.14. The molecule has 31 atom stereocenters. The van der Waals surface area contributed by atoms with E-state index in [0.29, 0.717) is 42.1 Å². The van der Waals surface area contributed by atoms with Crippen LogP contribution in [0, 0.1) is 46.3 Å². The third-order valence-electron chi connectivity index (χ3n) is 20.2. The lowest BCUT2D eigenvalue weighted by atomic mass is 9.47. The summed E-state index contributed by atoms with van der Waals surface area (Å²) in [6.07, 6.45) is -24.1. The molecule has 0 radical (unpaired) electrons. The number of ether oxygens (including phenoxy) is 8. The molecular weight excluding hydrogens is 963 g/mol. The van der Waals surface area contributed by atoms with Crippen molar-refractivity contribution < 1.29 is 104 Å². The highest BCUT2D eigenvalue weighted by molar-refractivity contribution is 5.27. The van der Waals surface area contributed by atoms with Crippen LogP contribution in [0.15, 0.2) is 11.6 Å². The summed E-state index contributed by atoms with van der Waals surface area (Å²) in [4.78, 5) is 2.92. The normalized spacial score (nSPS) is 56.2. The lowest BCUT2D eigenvalue weighted by Crippen LogP contribution is -2.68. The molecule has 22 nitrogen and oxygen atoms in total. The van der Waals surface area contributed by atoms with Crippen molar-refractivity contribution in [2.75, 3.05) is 33.0 Å². The van der Waals surface area contributed by atoms with E-state index in [1.54, 1.807) is 0 Å². The largest absolute Gasteiger partial charge is 0.394 e. The number of allylic oxidation sites excluding steroid dienone is 1. The van der Waals surface area contributed by atoms with Crippen LogP contribution in [0.1, 0.15) is 85.5 Å². The van der Waals surface area contributed by atoms with E-state index in [1.165, 1.54) is 44.2 Å². The van der Waals surface area contributed by atoms with Gasteiger partial charge in [0.05, 0.1) is 32.5 Å². The molecule has 0 aromatic rings. The van der Waals surface area contributed by atoms with Crippen LogP contribution < -0.4 is 0 Å². The number of hydrogen-bond acceptors (Lipinski definition) is 22. The molecule has 0 aromatic heterocycles. The first kappa shape index (κ1) is 55.2. The molecule has 10 rings (SSSR count). The predicted octanol–water partition coefficient (Wildman–Crippen LogP) is -3.05. The zero-order valence-corrected chi connectivity index (χ0v) is 42.2. The van der Waals surface area contributed by atoms with Gasteiger partial charge in [0.2, 0.25) is 0 Å². The molecule has 4 aliphatic carbocycles. The quantitative estimate of drug-likeness (QED) is 0.0864. The second kappa shape index (κ2) is 21.5. The van der Waals surface area contributed by atoms with Gasteiger partial charge in [-0.25, -0.2) is 0 Å². The lowest BCUT2D eigenvalue weighted by molar-refractivity contribution is -0.406. The van der Waals surface area contributed by atoms with Gasteiger partial charge < -0.3 is 104 Å². The van der Waals surface area contributed by atoms with Crippen LogP contribution in [0.3, 0.4) is 0 Å². The van der Waals surface area contributed by atoms with Gasteiger partial charge >= 0.3 is 0 Å². The average Bonchev–Trinajstić information content (AvgIpc) is 3.85. The summed E-state index contributed by atoms with van der Waals surface area (Å²) in [5.41, 5.74) is 1.67. The molecular formula is C51H83NO21. The Labute approximate surface area is 425 Å². The van der Waals surface area contributed by atoms with Crippen molar-refractivity contribution in [3.8, 4) is 0 Å². The Kier molecular flexibility index (Phi) is 16.2. The summed E-state index contributed by atoms with van der Waals surface area (Å²) in [5, 5.41) is 140. The van der Waals surface area contributed by atoms with Crippen molar-refractivity contribution in [2.24, 2.45) is 46.3 Å². The van der Waals surface area contributed by atoms with E-state index in [9.17, 15) is 66.4 Å². The topological polar surface area (TPSA) is 340 Å². The summed E-state index contributed by atoms with van der Waals surface area (Å²) >= 11 is 0. The Balaban J connectivity index is 0.841. The molecule has 0 amide bonds. The van der Waals surface area contributed by atoms with E-state index >= 15 is 0 Å². The van der Waals surface area contributed by atoms with Gasteiger partial charge in [-0.3, -0.25) is 4.90 Å². The maximum absolute atomic E-state index is 11.8. The SMILES string of the molecule is C[C@H]1CC[C@@H]2[C@@H](C)[C@H]3[C@H](C[C@H]4[C@@H]5CC=C6C[C@@H](O[C@@H]7O[C@H](CO)[C@H](O[C@@H]8O[C@H](CO)[C@@H](O)[C@H](O[C@@H]9O[C@H](CO)[C@@H](O)[C@H](O)[C@H]9O)C8O[C@@H]8O[C@H](CO)[C@@H](O)[C@H](O)[C@H]8O)[C@H](O)[C@H]7O)CC[C@]6(C)[C@H]5CC[C@]34C)N2C1. The van der Waals surface area contributed by atoms with Gasteiger partial charge in [0.15, 0.2) is 25.2 Å². The molecule has 22 heteroatoms. The smallest absolute Gasteiger partial charge is 0.187 e. The van der Waals surface area contributed by atoms with Crippen molar-refractivity contribution in [2.45, 2.75) is 226 Å². The van der Waals surface area contributed by atoms with Gasteiger partial charge in [-0.15, -0.1) is 0 Å². The lowest BCUT2D eigenvalue weighted by Gasteiger charge is -2.58. The molecule has 1 unspecified atom stereocenters. The first-order valence-electron chi connectivity index (χ1n) is 27.0. The fourth-order valence-corrected chi connectivity index (χ4v) is 16.3. The van der Waals surface area contributed by atoms with Crippen molar-refractivity contribution in [3.05, 3.63) is 11.6 Å². The Morgan fingerprint density at radius 2 is 1.10 bits per heavy atom. The monoisotopic (exact) mass is 1050 g/mol. The molecule has 10 aliphatic rings. The number of aliphatic hydroxyl groups is 13. The molecule has 0 bridgehead atoms. The van der Waals surface area contributed by atoms with Gasteiger partial charge in [-0.1, -0.05) is 39.3 Å². The van der Waals surface area contributed by atoms with Gasteiger partial charge in [0, 0.05) is 18.6 Å². The molecule has 13 N–H and O–H groups in total. The molecule has 0 spiro atoms. The zero-order chi connectivity index (χ0) is 52.2. The number of fused-ring (bicyclic) bond motifs is 9. The predicted molar refractivity (Wildman–Crippen MR) is 249 cm³/mol. The fourth-order valence-electron chi connectivity index (χ4n) is 16.3. The van der Waals surface area contributed by atoms with Crippen LogP contribution in [0.25, 0.3) is 0 Å². The second-order valence-corrected chi connectivity index (χ2v) is 24.1. The van der Waals surface area contributed by atoms with E-state index in [0.717, 1.165) is 36.6 Å². The van der Waals surface area contributed by atoms with Crippen molar-refractivity contribution in [3.63, 3.8) is 0 Å². The van der Waals surface area contributed by atoms with E-state index in [1.807, 2.05) is 0 Å². The maximum atomic E-state index is 11.8. The Morgan fingerprint density at radius 3 is 1.73 bits per heavy atom. The Bertz CT molecular complexity index is 1920. The second-order valence-electron chi connectivity index (χ2n) is 24.1. The number of aliphatic hydroxyl groups excluding tert-OH is 13. The van der Waals surface area contributed by atoms with Crippen LogP contribution in [0.4, 0.5) is 0 Å². The molecule has 9 fully saturated rings. The molecule has 6 aliphatic heterocycles. The van der Waals surface area contributed by atoms with Crippen LogP contribution in [0.2, 0.25) is 0 Å². The molecule has 73 heavy (non-hydrogen) atoms. The van der Waals surface area contributed by atoms with Crippen molar-refractivity contribution >= 4 is 0 Å². The van der Waals surface area contributed by atoms with E-state index in [-0.39, 0.29) is 11.5 Å². The summed E-state index contributed by atoms with van der Waals surface area (Å²) in [6.45, 7) is 7.83. The van der Waals surface area contributed by atoms with Crippen LogP contribution >= 0.6 is 0 Å². The van der Waals surface area contributed by atoms with E-state index < -0.39 is 149 Å². The first-order chi connectivity index (χ1) is 34.8. The number of nitrogens with zero attached hydrogens (tertiary/aromatic N) is 1. The summed E-state index contributed by atoms with van der Waals surface area (Å²) < 4.78 is 48.0. The number of piperidine rings is 1. The molecule has 3 saturated carbocycles. The standard InChI is InChI=1S/C51H83NO21/c1-20-5-8-27-21(2)33-28(52(27)15-20)14-26-24-7-6-22-13-23(9-11-50(22,3)25(24)10-12-51(26,33)4)66-46-42(65)39(62)43(32(19-56)70-46)71-49-45(73-48-41(64)38(61)35(58)30(17-54)68-48)44(36(59)31(18-55)69-49)72-47-40(63)37(60)34(57)29(16-53)67-47/h6,20-21,23-49,53-65H,5,7-19H2,1-4H3/t20-,21+,23-,24+,25-,26-,27+,28-,29+,30+,31+,32+,33-,34+,35+,36+,37-,38-,39+,40+,41+,42+,43-,44-,45?,46+,47-,48-,49-,50-,51-/m0/s1. The van der Waals surface area contributed by atoms with Crippen LogP contribution in [-0.2, 0) is 37.9 Å². The van der Waals surface area contributed by atoms with Gasteiger partial charge in [-0.05, 0) is 104 Å². The Morgan fingerprint density at radius 1 is 0.548 bits per heavy atom. The highest BCUT2D eigenvalue weighted by atomic mass is 16.8. The van der Waals surface area contributed by atoms with Crippen molar-refractivity contribution in [1.82, 2.24) is 4.90 Å². The van der Waals surface area contributed by atoms with Crippen molar-refractivity contribution in [1.29, 1.82) is 0 Å². The highest BCUT2D eigenvalue weighted by Crippen LogP contribution is 2.70. The third kappa shape index (κ3) is 9.42.